The standard InChI is InChI=1S/C25H45BN6O7/c1-7-37-14-21(33)29-17(9-8-10-28-23(27)31-32(35)36)22(34)30-20(11-15(2)3)26-38-19-13-16-12-18(24(16,4)5)25(19,6)39-26/h15-20H,7-14H2,1-6H3,(H,29,33)(H,30,34)(H3,27,28,31)/t16-,17+,18-,19-,20+,25+/m1/s1. The van der Waals surface area contributed by atoms with Gasteiger partial charge in [-0.15, -0.1) is 0 Å². The number of rotatable bonds is 14. The van der Waals surface area contributed by atoms with Crippen molar-refractivity contribution in [2.45, 2.75) is 97.3 Å². The highest BCUT2D eigenvalue weighted by Crippen LogP contribution is 2.65. The number of nitrogens with one attached hydrogen (secondary N) is 3. The predicted molar refractivity (Wildman–Crippen MR) is 146 cm³/mol. The third kappa shape index (κ3) is 7.40. The number of hydrazine groups is 1. The van der Waals surface area contributed by atoms with Gasteiger partial charge in [-0.2, -0.15) is 0 Å². The van der Waals surface area contributed by atoms with E-state index in [1.807, 2.05) is 0 Å². The van der Waals surface area contributed by atoms with Crippen molar-refractivity contribution in [2.24, 2.45) is 33.9 Å². The maximum absolute atomic E-state index is 13.5. The van der Waals surface area contributed by atoms with Crippen LogP contribution in [0.15, 0.2) is 4.99 Å². The SMILES string of the molecule is CCOCC(=O)N[C@@H](CCCN=C(N)N[N+](=O)[O-])C(=O)N[C@@H](CC(C)C)B1O[C@@H]2C[C@H]3C[C@H](C3(C)C)[C@]2(C)O1. The first-order valence-electron chi connectivity index (χ1n) is 14.0. The van der Waals surface area contributed by atoms with E-state index in [-0.39, 0.29) is 48.9 Å². The van der Waals surface area contributed by atoms with Crippen LogP contribution in [0.3, 0.4) is 0 Å². The third-order valence-electron chi connectivity index (χ3n) is 8.58. The highest BCUT2D eigenvalue weighted by atomic mass is 16.7. The highest BCUT2D eigenvalue weighted by Gasteiger charge is 2.68. The number of hydrogen-bond acceptors (Lipinski definition) is 8. The molecule has 0 spiro atoms. The number of carbonyl (C=O) groups excluding carboxylic acids is 2. The summed E-state index contributed by atoms with van der Waals surface area (Å²) < 4.78 is 18.3. The van der Waals surface area contributed by atoms with Gasteiger partial charge >= 0.3 is 7.12 Å². The fraction of sp³-hybridized carbons (Fsp3) is 0.880. The van der Waals surface area contributed by atoms with Gasteiger partial charge in [0.05, 0.1) is 17.6 Å². The van der Waals surface area contributed by atoms with Crippen molar-refractivity contribution in [1.29, 1.82) is 0 Å². The van der Waals surface area contributed by atoms with Gasteiger partial charge in [-0.1, -0.05) is 33.1 Å². The Hall–Kier alpha value is -2.45. The Morgan fingerprint density at radius 3 is 2.59 bits per heavy atom. The number of nitrogens with zero attached hydrogens (tertiary/aromatic N) is 2. The molecule has 2 bridgehead atoms. The lowest BCUT2D eigenvalue weighted by Crippen LogP contribution is -2.65. The Kier molecular flexibility index (Phi) is 10.2. The first-order valence-corrected chi connectivity index (χ1v) is 14.0. The van der Waals surface area contributed by atoms with Gasteiger partial charge in [0.15, 0.2) is 5.03 Å². The van der Waals surface area contributed by atoms with E-state index in [9.17, 15) is 19.7 Å². The van der Waals surface area contributed by atoms with Crippen LogP contribution in [0.2, 0.25) is 0 Å². The summed E-state index contributed by atoms with van der Waals surface area (Å²) in [4.78, 5) is 40.3. The van der Waals surface area contributed by atoms with E-state index in [1.54, 1.807) is 12.3 Å². The summed E-state index contributed by atoms with van der Waals surface area (Å²) in [6.45, 7) is 13.0. The van der Waals surface area contributed by atoms with Crippen LogP contribution < -0.4 is 21.8 Å². The van der Waals surface area contributed by atoms with E-state index in [0.717, 1.165) is 12.8 Å². The molecule has 0 aromatic heterocycles. The molecule has 0 unspecified atom stereocenters. The Morgan fingerprint density at radius 1 is 1.26 bits per heavy atom. The second-order valence-corrected chi connectivity index (χ2v) is 12.1. The molecule has 2 amide bonds. The Morgan fingerprint density at radius 2 is 1.97 bits per heavy atom. The number of aliphatic imine (C=N–C) groups is 1. The summed E-state index contributed by atoms with van der Waals surface area (Å²) in [6.07, 6.45) is 3.32. The number of hydrogen-bond donors (Lipinski definition) is 4. The summed E-state index contributed by atoms with van der Waals surface area (Å²) in [5, 5.41) is 15.5. The van der Waals surface area contributed by atoms with E-state index >= 15 is 0 Å². The number of amides is 2. The van der Waals surface area contributed by atoms with Crippen molar-refractivity contribution in [3.8, 4) is 0 Å². The van der Waals surface area contributed by atoms with Gasteiger partial charge in [0.2, 0.25) is 11.8 Å². The molecule has 4 aliphatic rings. The van der Waals surface area contributed by atoms with E-state index in [1.165, 1.54) is 0 Å². The largest absolute Gasteiger partial charge is 0.481 e. The lowest BCUT2D eigenvalue weighted by atomic mass is 9.43. The summed E-state index contributed by atoms with van der Waals surface area (Å²) >= 11 is 0. The summed E-state index contributed by atoms with van der Waals surface area (Å²) in [7, 11) is -0.584. The minimum atomic E-state index is -0.862. The van der Waals surface area contributed by atoms with Gasteiger partial charge in [-0.05, 0) is 69.1 Å². The zero-order valence-corrected chi connectivity index (χ0v) is 24.0. The lowest BCUT2D eigenvalue weighted by Gasteiger charge is -2.64. The van der Waals surface area contributed by atoms with Crippen LogP contribution in [0.1, 0.15) is 73.6 Å². The van der Waals surface area contributed by atoms with Crippen molar-refractivity contribution < 1.29 is 28.7 Å². The molecular weight excluding hydrogens is 507 g/mol. The zero-order valence-electron chi connectivity index (χ0n) is 24.0. The van der Waals surface area contributed by atoms with Gasteiger partial charge in [-0.25, -0.2) is 15.1 Å². The fourth-order valence-corrected chi connectivity index (χ4v) is 6.42. The number of guanidine groups is 1. The fourth-order valence-electron chi connectivity index (χ4n) is 6.42. The number of nitro groups is 1. The minimum Gasteiger partial charge on any atom is -0.404 e. The van der Waals surface area contributed by atoms with Gasteiger partial charge in [0.1, 0.15) is 12.6 Å². The molecule has 6 atom stereocenters. The van der Waals surface area contributed by atoms with Crippen LogP contribution in [0, 0.1) is 33.3 Å². The Bertz CT molecular complexity index is 935. The number of carbonyl (C=O) groups is 2. The van der Waals surface area contributed by atoms with Crippen LogP contribution in [0.25, 0.3) is 0 Å². The van der Waals surface area contributed by atoms with Gasteiger partial charge in [-0.3, -0.25) is 9.59 Å². The van der Waals surface area contributed by atoms with E-state index < -0.39 is 35.6 Å². The molecule has 4 rings (SSSR count). The van der Waals surface area contributed by atoms with Gasteiger partial charge in [0.25, 0.3) is 5.96 Å². The molecule has 0 aromatic carbocycles. The van der Waals surface area contributed by atoms with E-state index in [0.29, 0.717) is 31.3 Å². The molecule has 3 saturated carbocycles. The predicted octanol–water partition coefficient (Wildman–Crippen LogP) is 1.18. The maximum Gasteiger partial charge on any atom is 0.481 e. The minimum absolute atomic E-state index is 0.0105. The molecule has 0 aromatic rings. The van der Waals surface area contributed by atoms with Crippen molar-refractivity contribution in [2.75, 3.05) is 19.8 Å². The topological polar surface area (TPSA) is 179 Å². The van der Waals surface area contributed by atoms with Crippen molar-refractivity contribution in [3.05, 3.63) is 10.1 Å². The second-order valence-electron chi connectivity index (χ2n) is 12.1. The van der Waals surface area contributed by atoms with Crippen LogP contribution in [-0.4, -0.2) is 73.4 Å². The highest BCUT2D eigenvalue weighted by molar-refractivity contribution is 6.47. The lowest BCUT2D eigenvalue weighted by molar-refractivity contribution is -0.525. The first kappa shape index (κ1) is 31.1. The molecule has 13 nitrogen and oxygen atoms in total. The first-order chi connectivity index (χ1) is 18.3. The van der Waals surface area contributed by atoms with Gasteiger partial charge < -0.3 is 30.4 Å². The molecule has 3 aliphatic carbocycles. The molecular formula is C25H45BN6O7. The molecule has 4 fully saturated rings. The Balaban J connectivity index is 1.68. The molecule has 220 valence electrons. The van der Waals surface area contributed by atoms with Crippen LogP contribution >= 0.6 is 0 Å². The number of ether oxygens (including phenoxy) is 1. The van der Waals surface area contributed by atoms with Crippen LogP contribution in [0.5, 0.6) is 0 Å². The molecule has 1 saturated heterocycles. The molecule has 5 N–H and O–H groups in total. The third-order valence-corrected chi connectivity index (χ3v) is 8.58. The quantitative estimate of drug-likeness (QED) is 0.0615. The maximum atomic E-state index is 13.5. The summed E-state index contributed by atoms with van der Waals surface area (Å²) in [6, 6.07) is -0.862. The molecule has 14 heteroatoms. The molecule has 39 heavy (non-hydrogen) atoms. The van der Waals surface area contributed by atoms with Crippen molar-refractivity contribution in [3.63, 3.8) is 0 Å². The van der Waals surface area contributed by atoms with E-state index in [2.05, 4.69) is 50.2 Å². The molecule has 0 radical (unpaired) electrons. The van der Waals surface area contributed by atoms with Crippen LogP contribution in [-0.2, 0) is 23.6 Å². The summed E-state index contributed by atoms with van der Waals surface area (Å²) in [5.41, 5.74) is 7.05. The van der Waals surface area contributed by atoms with Crippen molar-refractivity contribution in [1.82, 2.24) is 16.1 Å². The van der Waals surface area contributed by atoms with E-state index in [4.69, 9.17) is 19.8 Å². The molecule has 1 aliphatic heterocycles. The van der Waals surface area contributed by atoms with Crippen LogP contribution in [0.4, 0.5) is 0 Å². The average Bonchev–Trinajstić information content (AvgIpc) is 3.20. The average molecular weight is 552 g/mol. The van der Waals surface area contributed by atoms with Gasteiger partial charge in [0, 0.05) is 13.2 Å². The summed E-state index contributed by atoms with van der Waals surface area (Å²) in [5.74, 6) is -0.220. The normalized spacial score (nSPS) is 28.7. The molecule has 1 heterocycles. The second kappa shape index (κ2) is 12.8. The Labute approximate surface area is 231 Å². The zero-order chi connectivity index (χ0) is 29.0. The smallest absolute Gasteiger partial charge is 0.404 e. The number of nitrogens with two attached hydrogens (primary N) is 1. The van der Waals surface area contributed by atoms with Crippen molar-refractivity contribution >= 4 is 24.9 Å². The monoisotopic (exact) mass is 552 g/mol.